The molecule has 0 saturated carbocycles. The summed E-state index contributed by atoms with van der Waals surface area (Å²) in [6.07, 6.45) is 0. The second-order valence-electron chi connectivity index (χ2n) is 4.90. The fourth-order valence-electron chi connectivity index (χ4n) is 1.99. The molecule has 1 amide bonds. The van der Waals surface area contributed by atoms with Gasteiger partial charge in [-0.25, -0.2) is 0 Å². The molecular formula is C16H20N2O4S. The van der Waals surface area contributed by atoms with Gasteiger partial charge in [0.1, 0.15) is 16.7 Å². The molecule has 2 N–H and O–H groups in total. The molecule has 0 aliphatic carbocycles. The average molecular weight is 336 g/mol. The molecule has 124 valence electrons. The van der Waals surface area contributed by atoms with Crippen molar-refractivity contribution >= 4 is 29.3 Å². The van der Waals surface area contributed by atoms with E-state index < -0.39 is 6.04 Å². The molecule has 0 radical (unpaired) electrons. The van der Waals surface area contributed by atoms with Crippen LogP contribution in [0.4, 0.5) is 5.69 Å². The number of hydrogen-bond donors (Lipinski definition) is 2. The molecule has 1 aliphatic heterocycles. The molecule has 1 aliphatic rings. The molecule has 1 aromatic rings. The summed E-state index contributed by atoms with van der Waals surface area (Å²) in [5, 5.41) is 5.85. The third-order valence-corrected chi connectivity index (χ3v) is 4.29. The number of benzene rings is 1. The van der Waals surface area contributed by atoms with Gasteiger partial charge < -0.3 is 14.8 Å². The summed E-state index contributed by atoms with van der Waals surface area (Å²) in [6.45, 7) is 2.53. The molecule has 0 fully saturated rings. The first-order valence-corrected chi connectivity index (χ1v) is 8.26. The van der Waals surface area contributed by atoms with E-state index in [1.54, 1.807) is 6.92 Å². The Morgan fingerprint density at radius 1 is 1.35 bits per heavy atom. The van der Waals surface area contributed by atoms with Crippen molar-refractivity contribution in [3.8, 4) is 0 Å². The van der Waals surface area contributed by atoms with Gasteiger partial charge in [-0.15, -0.1) is 11.8 Å². The molecule has 0 spiro atoms. The molecule has 6 nitrogen and oxygen atoms in total. The van der Waals surface area contributed by atoms with Gasteiger partial charge in [-0.3, -0.25) is 14.9 Å². The number of rotatable bonds is 6. The Morgan fingerprint density at radius 3 is 2.78 bits per heavy atom. The van der Waals surface area contributed by atoms with E-state index in [0.717, 1.165) is 5.69 Å². The molecule has 2 rings (SSSR count). The lowest BCUT2D eigenvalue weighted by atomic mass is 10.3. The zero-order chi connectivity index (χ0) is 16.7. The van der Waals surface area contributed by atoms with Crippen molar-refractivity contribution in [1.29, 1.82) is 0 Å². The van der Waals surface area contributed by atoms with Crippen molar-refractivity contribution in [1.82, 2.24) is 5.32 Å². The first-order valence-electron chi connectivity index (χ1n) is 7.28. The maximum atomic E-state index is 12.4. The maximum Gasteiger partial charge on any atom is 0.322 e. The number of para-hydroxylation sites is 1. The molecule has 0 aromatic heterocycles. The molecule has 0 bridgehead atoms. The fraction of sp³-hybridized carbons (Fsp3) is 0.375. The molecule has 1 atom stereocenters. The number of thioether (sulfide) groups is 1. The Labute approximate surface area is 139 Å². The zero-order valence-electron chi connectivity index (χ0n) is 13.1. The fourth-order valence-corrected chi connectivity index (χ4v) is 2.84. The van der Waals surface area contributed by atoms with E-state index in [0.29, 0.717) is 29.6 Å². The van der Waals surface area contributed by atoms with Crippen LogP contribution in [-0.2, 0) is 19.1 Å². The van der Waals surface area contributed by atoms with Crippen LogP contribution < -0.4 is 10.6 Å². The maximum absolute atomic E-state index is 12.4. The van der Waals surface area contributed by atoms with Crippen LogP contribution in [0.5, 0.6) is 0 Å². The van der Waals surface area contributed by atoms with Crippen molar-refractivity contribution in [3.05, 3.63) is 41.0 Å². The highest BCUT2D eigenvalue weighted by atomic mass is 32.2. The highest BCUT2D eigenvalue weighted by Crippen LogP contribution is 2.26. The van der Waals surface area contributed by atoms with Crippen molar-refractivity contribution in [3.63, 3.8) is 0 Å². The van der Waals surface area contributed by atoms with Crippen LogP contribution in [0, 0.1) is 0 Å². The number of hydrogen-bond acceptors (Lipinski definition) is 6. The van der Waals surface area contributed by atoms with Crippen LogP contribution in [0.25, 0.3) is 0 Å². The number of amides is 1. The quantitative estimate of drug-likeness (QED) is 0.771. The van der Waals surface area contributed by atoms with Gasteiger partial charge in [0.15, 0.2) is 0 Å². The topological polar surface area (TPSA) is 76.7 Å². The molecule has 23 heavy (non-hydrogen) atoms. The van der Waals surface area contributed by atoms with E-state index in [2.05, 4.69) is 15.4 Å². The van der Waals surface area contributed by atoms with E-state index in [4.69, 9.17) is 4.74 Å². The first-order chi connectivity index (χ1) is 11.1. The number of ether oxygens (including phenoxy) is 2. The summed E-state index contributed by atoms with van der Waals surface area (Å²) in [6, 6.07) is 8.77. The lowest BCUT2D eigenvalue weighted by Gasteiger charge is -2.22. The lowest BCUT2D eigenvalue weighted by Crippen LogP contribution is -2.37. The summed E-state index contributed by atoms with van der Waals surface area (Å²) in [5.74, 6) is 0.700. The predicted octanol–water partition coefficient (Wildman–Crippen LogP) is 1.75. The minimum atomic E-state index is -0.471. The monoisotopic (exact) mass is 336 g/mol. The van der Waals surface area contributed by atoms with Gasteiger partial charge in [0, 0.05) is 11.4 Å². The van der Waals surface area contributed by atoms with Crippen molar-refractivity contribution in [2.24, 2.45) is 0 Å². The number of carbonyl (C=O) groups excluding carboxylic acids is 2. The Kier molecular flexibility index (Phi) is 6.49. The summed E-state index contributed by atoms with van der Waals surface area (Å²) in [7, 11) is 1.34. The van der Waals surface area contributed by atoms with Crippen LogP contribution >= 0.6 is 11.8 Å². The second kappa shape index (κ2) is 8.59. The summed E-state index contributed by atoms with van der Waals surface area (Å²) >= 11 is 1.45. The van der Waals surface area contributed by atoms with Crippen LogP contribution in [0.1, 0.15) is 6.92 Å². The minimum absolute atomic E-state index is 0.205. The predicted molar refractivity (Wildman–Crippen MR) is 90.0 cm³/mol. The van der Waals surface area contributed by atoms with E-state index in [1.807, 2.05) is 30.3 Å². The second-order valence-corrected chi connectivity index (χ2v) is 6.00. The molecular weight excluding hydrogens is 316 g/mol. The standard InChI is InChI=1S/C16H20N2O4S/c1-11(16(20)21-2)17-10-13-14(23-9-8-22-13)15(19)18-12-6-4-3-5-7-12/h3-7,11,17H,8-10H2,1-2H3,(H,18,19)/t11-/m0/s1. The van der Waals surface area contributed by atoms with E-state index >= 15 is 0 Å². The Balaban J connectivity index is 2.04. The van der Waals surface area contributed by atoms with Crippen molar-refractivity contribution in [2.75, 3.05) is 31.3 Å². The third-order valence-electron chi connectivity index (χ3n) is 3.22. The largest absolute Gasteiger partial charge is 0.494 e. The Morgan fingerprint density at radius 2 is 2.09 bits per heavy atom. The van der Waals surface area contributed by atoms with Crippen LogP contribution in [0.2, 0.25) is 0 Å². The number of esters is 1. The van der Waals surface area contributed by atoms with E-state index in [9.17, 15) is 9.59 Å². The molecule has 1 heterocycles. The average Bonchev–Trinajstić information content (AvgIpc) is 2.60. The Bertz CT molecular complexity index is 589. The van der Waals surface area contributed by atoms with Gasteiger partial charge >= 0.3 is 5.97 Å². The van der Waals surface area contributed by atoms with Gasteiger partial charge in [-0.05, 0) is 19.1 Å². The number of methoxy groups -OCH3 is 1. The van der Waals surface area contributed by atoms with Crippen molar-refractivity contribution in [2.45, 2.75) is 13.0 Å². The lowest BCUT2D eigenvalue weighted by molar-refractivity contribution is -0.142. The molecule has 0 unspecified atom stereocenters. The molecule has 7 heteroatoms. The minimum Gasteiger partial charge on any atom is -0.494 e. The Hall–Kier alpha value is -1.99. The SMILES string of the molecule is COC(=O)[C@H](C)NCC1=C(C(=O)Nc2ccccc2)SCCO1. The van der Waals surface area contributed by atoms with E-state index in [-0.39, 0.29) is 11.9 Å². The molecule has 0 saturated heterocycles. The van der Waals surface area contributed by atoms with Gasteiger partial charge in [-0.2, -0.15) is 0 Å². The smallest absolute Gasteiger partial charge is 0.322 e. The van der Waals surface area contributed by atoms with E-state index in [1.165, 1.54) is 18.9 Å². The normalized spacial score (nSPS) is 15.6. The number of carbonyl (C=O) groups is 2. The van der Waals surface area contributed by atoms with Gasteiger partial charge in [-0.1, -0.05) is 18.2 Å². The van der Waals surface area contributed by atoms with Crippen LogP contribution in [0.15, 0.2) is 41.0 Å². The number of nitrogens with one attached hydrogen (secondary N) is 2. The van der Waals surface area contributed by atoms with Gasteiger partial charge in [0.25, 0.3) is 5.91 Å². The van der Waals surface area contributed by atoms with Gasteiger partial charge in [0.05, 0.1) is 20.3 Å². The highest BCUT2D eigenvalue weighted by Gasteiger charge is 2.23. The zero-order valence-corrected chi connectivity index (χ0v) is 13.9. The van der Waals surface area contributed by atoms with Crippen LogP contribution in [-0.4, -0.2) is 43.9 Å². The van der Waals surface area contributed by atoms with Gasteiger partial charge in [0.2, 0.25) is 0 Å². The number of anilines is 1. The summed E-state index contributed by atoms with van der Waals surface area (Å²) < 4.78 is 10.3. The summed E-state index contributed by atoms with van der Waals surface area (Å²) in [4.78, 5) is 24.4. The molecule has 1 aromatic carbocycles. The highest BCUT2D eigenvalue weighted by molar-refractivity contribution is 8.04. The third kappa shape index (κ3) is 5.01. The first kappa shape index (κ1) is 17.4. The van der Waals surface area contributed by atoms with Crippen LogP contribution in [0.3, 0.4) is 0 Å². The summed E-state index contributed by atoms with van der Waals surface area (Å²) in [5.41, 5.74) is 0.728. The van der Waals surface area contributed by atoms with Crippen molar-refractivity contribution < 1.29 is 19.1 Å².